The molecule has 1 aliphatic heterocycles. The molecule has 1 aliphatic rings. The molecule has 6 rings (SSSR count). The molecule has 0 aliphatic carbocycles. The Morgan fingerprint density at radius 2 is 1.18 bits per heavy atom. The number of hydrogen-bond acceptors (Lipinski definition) is 6. The molecule has 2 atom stereocenters. The van der Waals surface area contributed by atoms with Gasteiger partial charge in [0, 0.05) is 24.1 Å². The predicted molar refractivity (Wildman–Crippen MR) is 196 cm³/mol. The first-order chi connectivity index (χ1) is 23.6. The lowest BCUT2D eigenvalue weighted by Crippen LogP contribution is -2.44. The van der Waals surface area contributed by atoms with Crippen molar-refractivity contribution in [2.24, 2.45) is 0 Å². The fourth-order valence-corrected chi connectivity index (χ4v) is 6.50. The Hall–Kier alpha value is -4.72. The van der Waals surface area contributed by atoms with Gasteiger partial charge in [-0.2, -0.15) is 0 Å². The molecule has 0 radical (unpaired) electrons. The highest BCUT2D eigenvalue weighted by molar-refractivity contribution is 6.74. The number of rotatable bonds is 12. The Balaban J connectivity index is 1.31. The van der Waals surface area contributed by atoms with Gasteiger partial charge < -0.3 is 28.5 Å². The van der Waals surface area contributed by atoms with E-state index in [0.29, 0.717) is 55.0 Å². The predicted octanol–water partition coefficient (Wildman–Crippen LogP) is 9.84. The van der Waals surface area contributed by atoms with Gasteiger partial charge in [-0.05, 0) is 52.5 Å². The summed E-state index contributed by atoms with van der Waals surface area (Å²) in [5, 5.41) is 11.6. The highest BCUT2D eigenvalue weighted by atomic mass is 28.4. The zero-order valence-corrected chi connectivity index (χ0v) is 30.0. The maximum absolute atomic E-state index is 11.6. The van der Waals surface area contributed by atoms with Crippen molar-refractivity contribution in [3.05, 3.63) is 149 Å². The summed E-state index contributed by atoms with van der Waals surface area (Å²) in [5.74, 6) is 3.21. The van der Waals surface area contributed by atoms with Crippen LogP contribution in [0.15, 0.2) is 121 Å². The first-order valence-electron chi connectivity index (χ1n) is 16.9. The van der Waals surface area contributed by atoms with Crippen LogP contribution < -0.4 is 23.4 Å². The molecule has 0 saturated carbocycles. The summed E-state index contributed by atoms with van der Waals surface area (Å²) in [4.78, 5) is 0. The summed E-state index contributed by atoms with van der Waals surface area (Å²) in [5.41, 5.74) is 4.77. The van der Waals surface area contributed by atoms with Gasteiger partial charge in [-0.1, -0.05) is 118 Å². The third-order valence-electron chi connectivity index (χ3n) is 9.35. The first-order valence-corrected chi connectivity index (χ1v) is 19.8. The lowest BCUT2D eigenvalue weighted by Gasteiger charge is -2.37. The number of aliphatic hydroxyl groups excluding tert-OH is 1. The van der Waals surface area contributed by atoms with Crippen LogP contribution in [-0.2, 0) is 26.2 Å². The van der Waals surface area contributed by atoms with E-state index in [1.165, 1.54) is 0 Å². The Kier molecular flexibility index (Phi) is 10.3. The topological polar surface area (TPSA) is 66.4 Å². The minimum atomic E-state index is -2.17. The van der Waals surface area contributed by atoms with Crippen molar-refractivity contribution < 1.29 is 28.5 Å². The van der Waals surface area contributed by atoms with E-state index in [1.807, 2.05) is 121 Å². The standard InChI is InChI=1S/C42H46O6Si/c1-42(2,3)49(4,5)48-37-22-21-33(23-40(37)46-29-32-19-13-8-14-20-32)41-36(43)26-35-38(45-28-31-17-11-7-12-18-31)24-34(25-39(35)47-41)44-27-30-15-9-6-10-16-30/h6-25,36,41,43H,26-29H2,1-5H3/t36-,41-/m1/s1. The molecule has 7 heteroatoms. The van der Waals surface area contributed by atoms with E-state index in [4.69, 9.17) is 23.4 Å². The van der Waals surface area contributed by atoms with E-state index in [2.05, 4.69) is 33.9 Å². The van der Waals surface area contributed by atoms with Crippen LogP contribution in [0.4, 0.5) is 0 Å². The van der Waals surface area contributed by atoms with Gasteiger partial charge in [0.25, 0.3) is 8.32 Å². The molecule has 0 aromatic heterocycles. The van der Waals surface area contributed by atoms with Crippen molar-refractivity contribution in [2.75, 3.05) is 0 Å². The second kappa shape index (κ2) is 14.8. The third kappa shape index (κ3) is 8.47. The molecule has 0 fully saturated rings. The lowest BCUT2D eigenvalue weighted by atomic mass is 9.93. The average Bonchev–Trinajstić information content (AvgIpc) is 3.10. The molecule has 1 N–H and O–H groups in total. The monoisotopic (exact) mass is 674 g/mol. The first kappa shape index (κ1) is 34.2. The van der Waals surface area contributed by atoms with E-state index >= 15 is 0 Å². The molecule has 1 heterocycles. The van der Waals surface area contributed by atoms with Crippen LogP contribution >= 0.6 is 0 Å². The second-order valence-corrected chi connectivity index (χ2v) is 18.8. The van der Waals surface area contributed by atoms with Crippen molar-refractivity contribution in [3.63, 3.8) is 0 Å². The van der Waals surface area contributed by atoms with Crippen LogP contribution in [-0.4, -0.2) is 19.5 Å². The normalized spacial score (nSPS) is 15.9. The van der Waals surface area contributed by atoms with Gasteiger partial charge >= 0.3 is 0 Å². The molecule has 5 aromatic rings. The smallest absolute Gasteiger partial charge is 0.250 e. The molecule has 0 unspecified atom stereocenters. The van der Waals surface area contributed by atoms with Gasteiger partial charge in [0.05, 0.1) is 6.10 Å². The molecule has 254 valence electrons. The van der Waals surface area contributed by atoms with Crippen LogP contribution in [0.1, 0.15) is 54.7 Å². The van der Waals surface area contributed by atoms with Crippen LogP contribution in [0.2, 0.25) is 18.1 Å². The molecule has 5 aromatic carbocycles. The van der Waals surface area contributed by atoms with Gasteiger partial charge in [0.1, 0.15) is 48.9 Å². The van der Waals surface area contributed by atoms with Gasteiger partial charge in [-0.15, -0.1) is 0 Å². The zero-order chi connectivity index (χ0) is 34.4. The van der Waals surface area contributed by atoms with E-state index in [-0.39, 0.29) is 5.04 Å². The minimum Gasteiger partial charge on any atom is -0.541 e. The SMILES string of the molecule is CC(C)(C)[Si](C)(C)Oc1ccc([C@H]2Oc3cc(OCc4ccccc4)cc(OCc4ccccc4)c3C[C@H]2O)cc1OCc1ccccc1. The Morgan fingerprint density at radius 1 is 0.653 bits per heavy atom. The zero-order valence-electron chi connectivity index (χ0n) is 29.0. The van der Waals surface area contributed by atoms with E-state index in [1.54, 1.807) is 0 Å². The Labute approximate surface area is 291 Å². The number of aliphatic hydroxyl groups is 1. The molecule has 0 saturated heterocycles. The van der Waals surface area contributed by atoms with Crippen molar-refractivity contribution in [3.8, 4) is 28.7 Å². The summed E-state index contributed by atoms with van der Waals surface area (Å²) >= 11 is 0. The van der Waals surface area contributed by atoms with Crippen molar-refractivity contribution in [2.45, 2.75) is 77.4 Å². The second-order valence-electron chi connectivity index (χ2n) is 14.1. The summed E-state index contributed by atoms with van der Waals surface area (Å²) in [6, 6.07) is 39.8. The van der Waals surface area contributed by atoms with Crippen LogP contribution in [0.3, 0.4) is 0 Å². The van der Waals surface area contributed by atoms with Gasteiger partial charge in [-0.25, -0.2) is 0 Å². The van der Waals surface area contributed by atoms with E-state index in [9.17, 15) is 5.11 Å². The molecular weight excluding hydrogens is 629 g/mol. The van der Waals surface area contributed by atoms with E-state index in [0.717, 1.165) is 27.8 Å². The summed E-state index contributed by atoms with van der Waals surface area (Å²) in [7, 11) is -2.17. The van der Waals surface area contributed by atoms with Crippen molar-refractivity contribution >= 4 is 8.32 Å². The van der Waals surface area contributed by atoms with Crippen LogP contribution in [0, 0.1) is 0 Å². The quantitative estimate of drug-likeness (QED) is 0.133. The number of fused-ring (bicyclic) bond motifs is 1. The minimum absolute atomic E-state index is 0.00926. The fourth-order valence-electron chi connectivity index (χ4n) is 5.47. The van der Waals surface area contributed by atoms with E-state index < -0.39 is 20.5 Å². The summed E-state index contributed by atoms with van der Waals surface area (Å²) in [6.07, 6.45) is -1.11. The largest absolute Gasteiger partial charge is 0.541 e. The average molecular weight is 675 g/mol. The Morgan fingerprint density at radius 3 is 1.73 bits per heavy atom. The summed E-state index contributed by atoms with van der Waals surface area (Å²) < 4.78 is 32.4. The van der Waals surface area contributed by atoms with Gasteiger partial charge in [-0.3, -0.25) is 0 Å². The Bertz CT molecular complexity index is 1820. The molecular formula is C42H46O6Si. The molecule has 0 spiro atoms. The third-order valence-corrected chi connectivity index (χ3v) is 13.7. The molecule has 0 bridgehead atoms. The molecule has 49 heavy (non-hydrogen) atoms. The maximum Gasteiger partial charge on any atom is 0.250 e. The highest BCUT2D eigenvalue weighted by Gasteiger charge is 2.40. The van der Waals surface area contributed by atoms with Crippen LogP contribution in [0.25, 0.3) is 0 Å². The molecule has 6 nitrogen and oxygen atoms in total. The summed E-state index contributed by atoms with van der Waals surface area (Å²) in [6.45, 7) is 12.3. The van der Waals surface area contributed by atoms with Gasteiger partial charge in [0.2, 0.25) is 0 Å². The van der Waals surface area contributed by atoms with Crippen molar-refractivity contribution in [1.82, 2.24) is 0 Å². The van der Waals surface area contributed by atoms with Gasteiger partial charge in [0.15, 0.2) is 5.75 Å². The van der Waals surface area contributed by atoms with Crippen LogP contribution in [0.5, 0.6) is 28.7 Å². The lowest BCUT2D eigenvalue weighted by molar-refractivity contribution is 0.0192. The number of benzene rings is 5. The van der Waals surface area contributed by atoms with Crippen molar-refractivity contribution in [1.29, 1.82) is 0 Å². The fraction of sp³-hybridized carbons (Fsp3) is 0.286. The maximum atomic E-state index is 11.6. The molecule has 0 amide bonds. The number of hydrogen-bond donors (Lipinski definition) is 1. The number of ether oxygens (including phenoxy) is 4. The highest BCUT2D eigenvalue weighted by Crippen LogP contribution is 2.45.